The van der Waals surface area contributed by atoms with E-state index in [0.717, 1.165) is 32.4 Å². The zero-order valence-electron chi connectivity index (χ0n) is 18.3. The Morgan fingerprint density at radius 1 is 0.968 bits per heavy atom. The van der Waals surface area contributed by atoms with Crippen LogP contribution in [0.3, 0.4) is 0 Å². The number of para-hydroxylation sites is 1. The Morgan fingerprint density at radius 3 is 2.48 bits per heavy atom. The van der Waals surface area contributed by atoms with Gasteiger partial charge >= 0.3 is 0 Å². The molecule has 0 atom stereocenters. The predicted molar refractivity (Wildman–Crippen MR) is 130 cm³/mol. The molecular formula is C27H29ClN2O. The van der Waals surface area contributed by atoms with E-state index in [4.69, 9.17) is 11.6 Å². The first-order valence-corrected chi connectivity index (χ1v) is 11.3. The molecule has 0 N–H and O–H groups in total. The number of hydrogen-bond acceptors (Lipinski definition) is 3. The summed E-state index contributed by atoms with van der Waals surface area (Å²) in [6.45, 7) is 4.36. The van der Waals surface area contributed by atoms with Crippen LogP contribution in [0.2, 0.25) is 5.02 Å². The molecule has 0 saturated carbocycles. The van der Waals surface area contributed by atoms with Crippen molar-refractivity contribution in [1.29, 1.82) is 0 Å². The first-order chi connectivity index (χ1) is 15.0. The van der Waals surface area contributed by atoms with Crippen molar-refractivity contribution in [3.05, 3.63) is 94.0 Å². The van der Waals surface area contributed by atoms with Crippen LogP contribution in [-0.4, -0.2) is 37.4 Å². The number of fused-ring (bicyclic) bond motifs is 2. The third-order valence-electron chi connectivity index (χ3n) is 5.97. The molecule has 3 nitrogen and oxygen atoms in total. The van der Waals surface area contributed by atoms with E-state index in [2.05, 4.69) is 59.2 Å². The first kappa shape index (κ1) is 21.6. The quantitative estimate of drug-likeness (QED) is 0.422. The van der Waals surface area contributed by atoms with Crippen molar-refractivity contribution in [2.24, 2.45) is 0 Å². The van der Waals surface area contributed by atoms with Crippen molar-refractivity contribution in [3.63, 3.8) is 0 Å². The summed E-state index contributed by atoms with van der Waals surface area (Å²) in [5.74, 6) is 0.125. The number of rotatable bonds is 7. The fourth-order valence-corrected chi connectivity index (χ4v) is 4.48. The molecule has 31 heavy (non-hydrogen) atoms. The van der Waals surface area contributed by atoms with Gasteiger partial charge in [0.25, 0.3) is 0 Å². The standard InChI is InChI=1S/C27H29ClN2O/c1-20-8-15-26-23(18-20)10-9-21-6-3-4-7-25(21)30(26)17-5-16-29(2)19-27(31)22-11-13-24(28)14-12-22/h3-4,6-8,11-15,18H,5,9-10,16-17,19H2,1-2H3. The van der Waals surface area contributed by atoms with Gasteiger partial charge in [0.1, 0.15) is 0 Å². The molecular weight excluding hydrogens is 404 g/mol. The Morgan fingerprint density at radius 2 is 1.68 bits per heavy atom. The molecule has 1 heterocycles. The highest BCUT2D eigenvalue weighted by molar-refractivity contribution is 6.30. The number of nitrogens with zero attached hydrogens (tertiary/aromatic N) is 2. The number of anilines is 2. The van der Waals surface area contributed by atoms with Gasteiger partial charge in [-0.05, 0) is 80.8 Å². The van der Waals surface area contributed by atoms with Crippen molar-refractivity contribution in [3.8, 4) is 0 Å². The van der Waals surface area contributed by atoms with Crippen molar-refractivity contribution < 1.29 is 4.79 Å². The van der Waals surface area contributed by atoms with Crippen molar-refractivity contribution in [2.75, 3.05) is 31.6 Å². The van der Waals surface area contributed by atoms with Crippen molar-refractivity contribution in [2.45, 2.75) is 26.2 Å². The SMILES string of the molecule is Cc1ccc2c(c1)CCc1ccccc1N2CCCN(C)CC(=O)c1ccc(Cl)cc1. The van der Waals surface area contributed by atoms with Crippen LogP contribution in [-0.2, 0) is 12.8 Å². The lowest BCUT2D eigenvalue weighted by molar-refractivity contribution is 0.0946. The van der Waals surface area contributed by atoms with E-state index in [1.165, 1.54) is 28.1 Å². The number of hydrogen-bond donors (Lipinski definition) is 0. The molecule has 0 amide bonds. The first-order valence-electron chi connectivity index (χ1n) is 10.9. The summed E-state index contributed by atoms with van der Waals surface area (Å²) in [7, 11) is 2.02. The van der Waals surface area contributed by atoms with Gasteiger partial charge in [-0.25, -0.2) is 0 Å². The second kappa shape index (κ2) is 9.67. The summed E-state index contributed by atoms with van der Waals surface area (Å²) in [6.07, 6.45) is 3.12. The Hall–Kier alpha value is -2.62. The monoisotopic (exact) mass is 432 g/mol. The van der Waals surface area contributed by atoms with Gasteiger partial charge in [0.05, 0.1) is 6.54 Å². The molecule has 0 spiro atoms. The lowest BCUT2D eigenvalue weighted by Gasteiger charge is -2.28. The molecule has 1 aliphatic rings. The Bertz CT molecular complexity index is 1060. The zero-order valence-corrected chi connectivity index (χ0v) is 19.0. The number of halogens is 1. The van der Waals surface area contributed by atoms with Gasteiger partial charge in [-0.15, -0.1) is 0 Å². The second-order valence-corrected chi connectivity index (χ2v) is 8.87. The number of likely N-dealkylation sites (N-methyl/N-ethyl adjacent to an activating group) is 1. The van der Waals surface area contributed by atoms with Crippen LogP contribution >= 0.6 is 11.6 Å². The van der Waals surface area contributed by atoms with Crippen LogP contribution in [0.4, 0.5) is 11.4 Å². The number of aryl methyl sites for hydroxylation is 3. The number of Topliss-reactive ketones (excluding diaryl/α,β-unsaturated/α-hetero) is 1. The molecule has 0 unspecified atom stereocenters. The van der Waals surface area contributed by atoms with Crippen LogP contribution in [0, 0.1) is 6.92 Å². The number of carbonyl (C=O) groups is 1. The number of benzene rings is 3. The summed E-state index contributed by atoms with van der Waals surface area (Å²) >= 11 is 5.93. The summed E-state index contributed by atoms with van der Waals surface area (Å²) in [6, 6.07) is 22.7. The molecule has 4 heteroatoms. The third-order valence-corrected chi connectivity index (χ3v) is 6.23. The molecule has 4 rings (SSSR count). The Labute approximate surface area is 190 Å². The molecule has 0 radical (unpaired) electrons. The predicted octanol–water partition coefficient (Wildman–Crippen LogP) is 6.09. The van der Waals surface area contributed by atoms with Gasteiger partial charge < -0.3 is 4.90 Å². The van der Waals surface area contributed by atoms with E-state index in [9.17, 15) is 4.79 Å². The topological polar surface area (TPSA) is 23.6 Å². The average molecular weight is 433 g/mol. The summed E-state index contributed by atoms with van der Waals surface area (Å²) in [5, 5.41) is 0.651. The van der Waals surface area contributed by atoms with E-state index in [-0.39, 0.29) is 5.78 Å². The largest absolute Gasteiger partial charge is 0.341 e. The minimum Gasteiger partial charge on any atom is -0.341 e. The summed E-state index contributed by atoms with van der Waals surface area (Å²) in [5.41, 5.74) is 7.47. The highest BCUT2D eigenvalue weighted by Crippen LogP contribution is 2.36. The maximum absolute atomic E-state index is 12.5. The van der Waals surface area contributed by atoms with Gasteiger partial charge in [-0.1, -0.05) is 47.5 Å². The minimum absolute atomic E-state index is 0.125. The Kier molecular flexibility index (Phi) is 6.74. The van der Waals surface area contributed by atoms with Crippen molar-refractivity contribution in [1.82, 2.24) is 4.90 Å². The molecule has 3 aromatic carbocycles. The van der Waals surface area contributed by atoms with Gasteiger partial charge in [-0.3, -0.25) is 9.69 Å². The lowest BCUT2D eigenvalue weighted by atomic mass is 10.0. The lowest BCUT2D eigenvalue weighted by Crippen LogP contribution is -2.29. The smallest absolute Gasteiger partial charge is 0.176 e. The van der Waals surface area contributed by atoms with Crippen LogP contribution in [0.15, 0.2) is 66.7 Å². The normalized spacial score (nSPS) is 13.0. The third kappa shape index (κ3) is 5.17. The molecule has 0 aromatic heterocycles. The van der Waals surface area contributed by atoms with Gasteiger partial charge in [0.15, 0.2) is 5.78 Å². The highest BCUT2D eigenvalue weighted by Gasteiger charge is 2.20. The molecule has 0 fully saturated rings. The highest BCUT2D eigenvalue weighted by atomic mass is 35.5. The van der Waals surface area contributed by atoms with Crippen LogP contribution in [0.25, 0.3) is 0 Å². The maximum Gasteiger partial charge on any atom is 0.176 e. The maximum atomic E-state index is 12.5. The minimum atomic E-state index is 0.125. The van der Waals surface area contributed by atoms with E-state index in [1.807, 2.05) is 7.05 Å². The molecule has 0 bridgehead atoms. The van der Waals surface area contributed by atoms with E-state index in [1.54, 1.807) is 24.3 Å². The van der Waals surface area contributed by atoms with Gasteiger partial charge in [-0.2, -0.15) is 0 Å². The number of ketones is 1. The van der Waals surface area contributed by atoms with Crippen LogP contribution in [0.5, 0.6) is 0 Å². The van der Waals surface area contributed by atoms with E-state index < -0.39 is 0 Å². The summed E-state index contributed by atoms with van der Waals surface area (Å²) < 4.78 is 0. The van der Waals surface area contributed by atoms with Gasteiger partial charge in [0, 0.05) is 35.1 Å². The van der Waals surface area contributed by atoms with Crippen LogP contribution in [0.1, 0.15) is 33.5 Å². The second-order valence-electron chi connectivity index (χ2n) is 8.43. The van der Waals surface area contributed by atoms with Crippen LogP contribution < -0.4 is 4.90 Å². The average Bonchev–Trinajstić information content (AvgIpc) is 2.91. The zero-order chi connectivity index (χ0) is 21.8. The van der Waals surface area contributed by atoms with Gasteiger partial charge in [0.2, 0.25) is 0 Å². The fraction of sp³-hybridized carbons (Fsp3) is 0.296. The molecule has 1 aliphatic heterocycles. The van der Waals surface area contributed by atoms with E-state index in [0.29, 0.717) is 17.1 Å². The van der Waals surface area contributed by atoms with E-state index >= 15 is 0 Å². The molecule has 160 valence electrons. The summed E-state index contributed by atoms with van der Waals surface area (Å²) in [4.78, 5) is 17.1. The Balaban J connectivity index is 1.43. The molecule has 0 aliphatic carbocycles. The molecule has 3 aromatic rings. The number of carbonyl (C=O) groups excluding carboxylic acids is 1. The fourth-order valence-electron chi connectivity index (χ4n) is 4.35. The van der Waals surface area contributed by atoms with Crippen molar-refractivity contribution >= 4 is 28.8 Å². The molecule has 0 saturated heterocycles.